The van der Waals surface area contributed by atoms with E-state index in [4.69, 9.17) is 0 Å². The molecule has 25 heavy (non-hydrogen) atoms. The van der Waals surface area contributed by atoms with E-state index in [1.165, 1.54) is 32.1 Å². The minimum Gasteiger partial charge on any atom is -0.271 e. The summed E-state index contributed by atoms with van der Waals surface area (Å²) in [4.78, 5) is 17.6. The Morgan fingerprint density at radius 1 is 1.12 bits per heavy atom. The number of carbonyl (C=O) groups excluding carboxylic acids is 1. The van der Waals surface area contributed by atoms with E-state index in [-0.39, 0.29) is 0 Å². The van der Waals surface area contributed by atoms with Gasteiger partial charge in [0.05, 0.1) is 18.3 Å². The second kappa shape index (κ2) is 4.46. The molecular weight excluding hydrogens is 310 g/mol. The van der Waals surface area contributed by atoms with Gasteiger partial charge in [-0.15, -0.1) is 0 Å². The number of hydrogen-bond acceptors (Lipinski definition) is 3. The average molecular weight is 337 g/mol. The van der Waals surface area contributed by atoms with Gasteiger partial charge in [-0.25, -0.2) is 0 Å². The first-order chi connectivity index (χ1) is 12.0. The molecule has 4 nitrogen and oxygen atoms in total. The Kier molecular flexibility index (Phi) is 2.62. The second-order valence-electron chi connectivity index (χ2n) is 9.84. The lowest BCUT2D eigenvalue weighted by Gasteiger charge is -2.61. The summed E-state index contributed by atoms with van der Waals surface area (Å²) in [6, 6.07) is 6.52. The zero-order valence-corrected chi connectivity index (χ0v) is 15.2. The molecule has 5 fully saturated rings. The summed E-state index contributed by atoms with van der Waals surface area (Å²) in [6.07, 6.45) is 8.87. The third-order valence-electron chi connectivity index (χ3n) is 8.58. The highest BCUT2D eigenvalue weighted by molar-refractivity contribution is 5.90. The Labute approximate surface area is 149 Å². The molecule has 1 aliphatic heterocycles. The van der Waals surface area contributed by atoms with E-state index in [2.05, 4.69) is 34.9 Å². The van der Waals surface area contributed by atoms with Gasteiger partial charge >= 0.3 is 0 Å². The van der Waals surface area contributed by atoms with Crippen LogP contribution in [0.4, 0.5) is 0 Å². The van der Waals surface area contributed by atoms with Crippen LogP contribution in [0.1, 0.15) is 51.6 Å². The minimum atomic E-state index is -0.397. The van der Waals surface area contributed by atoms with Crippen molar-refractivity contribution in [1.29, 1.82) is 0 Å². The van der Waals surface area contributed by atoms with Gasteiger partial charge in [0.25, 0.3) is 5.91 Å². The summed E-state index contributed by atoms with van der Waals surface area (Å²) < 4.78 is 0. The van der Waals surface area contributed by atoms with Crippen LogP contribution in [0.2, 0.25) is 0 Å². The molecule has 0 radical (unpaired) electrons. The summed E-state index contributed by atoms with van der Waals surface area (Å²) >= 11 is 0. The van der Waals surface area contributed by atoms with Crippen LogP contribution < -0.4 is 0 Å². The SMILES string of the molecule is CC1(C)C(=O)N(C2C3CC4CC5CC2CC45C3)N1Cc1ccccn1. The number of carbonyl (C=O) groups is 1. The molecule has 1 aromatic heterocycles. The number of aromatic nitrogens is 1. The number of amides is 1. The second-order valence-corrected chi connectivity index (χ2v) is 9.84. The number of pyridine rings is 1. The van der Waals surface area contributed by atoms with Crippen molar-refractivity contribution in [3.63, 3.8) is 0 Å². The topological polar surface area (TPSA) is 36.4 Å². The van der Waals surface area contributed by atoms with E-state index in [9.17, 15) is 4.79 Å². The summed E-state index contributed by atoms with van der Waals surface area (Å²) in [5.74, 6) is 3.76. The number of nitrogens with zero attached hydrogens (tertiary/aromatic N) is 3. The zero-order valence-electron chi connectivity index (χ0n) is 15.2. The lowest BCUT2D eigenvalue weighted by molar-refractivity contribution is -0.240. The van der Waals surface area contributed by atoms with Gasteiger partial charge in [-0.2, -0.15) is 5.01 Å². The van der Waals surface area contributed by atoms with Crippen LogP contribution >= 0.6 is 0 Å². The Balaban J connectivity index is 1.32. The normalized spacial score (nSPS) is 46.1. The third-order valence-corrected chi connectivity index (χ3v) is 8.58. The molecule has 4 atom stereocenters. The molecule has 132 valence electrons. The minimum absolute atomic E-state index is 0.327. The maximum Gasteiger partial charge on any atom is 0.258 e. The van der Waals surface area contributed by atoms with Crippen molar-refractivity contribution in [3.8, 4) is 0 Å². The molecular formula is C21H27N3O. The summed E-state index contributed by atoms with van der Waals surface area (Å²) in [7, 11) is 0. The highest BCUT2D eigenvalue weighted by Gasteiger charge is 2.71. The predicted molar refractivity (Wildman–Crippen MR) is 94.0 cm³/mol. The Bertz CT molecular complexity index is 721. The van der Waals surface area contributed by atoms with Crippen molar-refractivity contribution in [2.24, 2.45) is 29.1 Å². The Morgan fingerprint density at radius 2 is 1.84 bits per heavy atom. The highest BCUT2D eigenvalue weighted by atomic mass is 16.2. The quantitative estimate of drug-likeness (QED) is 0.849. The molecule has 6 rings (SSSR count). The molecule has 4 heteroatoms. The van der Waals surface area contributed by atoms with Crippen LogP contribution in [0.3, 0.4) is 0 Å². The third kappa shape index (κ3) is 1.63. The number of hydrazine groups is 1. The molecule has 4 unspecified atom stereocenters. The van der Waals surface area contributed by atoms with E-state index in [0.29, 0.717) is 17.4 Å². The molecule has 0 aromatic carbocycles. The fourth-order valence-corrected chi connectivity index (χ4v) is 7.52. The molecule has 1 spiro atoms. The van der Waals surface area contributed by atoms with Gasteiger partial charge in [0.2, 0.25) is 0 Å². The molecule has 1 amide bonds. The predicted octanol–water partition coefficient (Wildman–Crippen LogP) is 3.24. The van der Waals surface area contributed by atoms with Crippen molar-refractivity contribution >= 4 is 5.91 Å². The maximum absolute atomic E-state index is 13.1. The maximum atomic E-state index is 13.1. The van der Waals surface area contributed by atoms with Crippen molar-refractivity contribution in [3.05, 3.63) is 30.1 Å². The average Bonchev–Trinajstić information content (AvgIpc) is 2.98. The van der Waals surface area contributed by atoms with Crippen LogP contribution in [0.25, 0.3) is 0 Å². The van der Waals surface area contributed by atoms with Crippen LogP contribution in [-0.2, 0) is 11.3 Å². The standard InChI is InChI=1S/C21H27N3O/c1-20(2)19(25)24(23(20)12-17-5-3-4-6-22-17)18-13-7-15-9-16-8-14(18)11-21(15,16)10-13/h3-6,13-16,18H,7-12H2,1-2H3. The molecule has 2 heterocycles. The first-order valence-corrected chi connectivity index (χ1v) is 10.0. The summed E-state index contributed by atoms with van der Waals surface area (Å²) in [5.41, 5.74) is 1.37. The number of hydrogen-bond donors (Lipinski definition) is 0. The van der Waals surface area contributed by atoms with Crippen molar-refractivity contribution in [2.75, 3.05) is 0 Å². The summed E-state index contributed by atoms with van der Waals surface area (Å²) in [6.45, 7) is 4.89. The van der Waals surface area contributed by atoms with Gasteiger partial charge in [0, 0.05) is 6.20 Å². The molecule has 3 bridgehead atoms. The van der Waals surface area contributed by atoms with Crippen molar-refractivity contribution in [1.82, 2.24) is 15.0 Å². The van der Waals surface area contributed by atoms with Gasteiger partial charge in [-0.1, -0.05) is 6.07 Å². The smallest absolute Gasteiger partial charge is 0.258 e. The molecule has 4 aliphatic carbocycles. The lowest BCUT2D eigenvalue weighted by Crippen LogP contribution is -2.78. The van der Waals surface area contributed by atoms with Crippen molar-refractivity contribution in [2.45, 2.75) is 64.1 Å². The van der Waals surface area contributed by atoms with E-state index in [1.54, 1.807) is 0 Å². The Hall–Kier alpha value is -1.42. The zero-order chi connectivity index (χ0) is 17.0. The number of fused-ring (bicyclic) bond motifs is 2. The van der Waals surface area contributed by atoms with E-state index >= 15 is 0 Å². The van der Waals surface area contributed by atoms with Crippen molar-refractivity contribution < 1.29 is 4.79 Å². The Morgan fingerprint density at radius 3 is 2.48 bits per heavy atom. The molecule has 5 aliphatic rings. The fourth-order valence-electron chi connectivity index (χ4n) is 7.52. The van der Waals surface area contributed by atoms with Gasteiger partial charge in [-0.05, 0) is 87.2 Å². The summed E-state index contributed by atoms with van der Waals surface area (Å²) in [5, 5.41) is 4.50. The van der Waals surface area contributed by atoms with E-state index in [1.807, 2.05) is 18.3 Å². The van der Waals surface area contributed by atoms with E-state index < -0.39 is 5.54 Å². The van der Waals surface area contributed by atoms with E-state index in [0.717, 1.165) is 35.9 Å². The van der Waals surface area contributed by atoms with Crippen LogP contribution in [-0.4, -0.2) is 32.5 Å². The van der Waals surface area contributed by atoms with Crippen LogP contribution in [0.15, 0.2) is 24.4 Å². The first kappa shape index (κ1) is 14.7. The first-order valence-electron chi connectivity index (χ1n) is 10.0. The van der Waals surface area contributed by atoms with Crippen LogP contribution in [0.5, 0.6) is 0 Å². The number of rotatable bonds is 3. The monoisotopic (exact) mass is 337 g/mol. The van der Waals surface area contributed by atoms with Crippen LogP contribution in [0, 0.1) is 29.1 Å². The fraction of sp³-hybridized carbons (Fsp3) is 0.714. The van der Waals surface area contributed by atoms with Gasteiger partial charge in [0.1, 0.15) is 5.54 Å². The molecule has 1 saturated heterocycles. The highest BCUT2D eigenvalue weighted by Crippen LogP contribution is 2.76. The molecule has 1 aromatic rings. The lowest BCUT2D eigenvalue weighted by atomic mass is 9.56. The molecule has 4 saturated carbocycles. The van der Waals surface area contributed by atoms with Gasteiger partial charge in [0.15, 0.2) is 0 Å². The van der Waals surface area contributed by atoms with Gasteiger partial charge < -0.3 is 0 Å². The molecule has 0 N–H and O–H groups in total. The van der Waals surface area contributed by atoms with Gasteiger partial charge in [-0.3, -0.25) is 14.8 Å². The largest absolute Gasteiger partial charge is 0.271 e.